The smallest absolute Gasteiger partial charge is 0.265 e. The predicted octanol–water partition coefficient (Wildman–Crippen LogP) is 2.90. The van der Waals surface area contributed by atoms with E-state index in [1.54, 1.807) is 7.11 Å². The number of carbonyl (C=O) groups is 1. The van der Waals surface area contributed by atoms with Gasteiger partial charge in [0.05, 0.1) is 23.9 Å². The first-order valence-electron chi connectivity index (χ1n) is 8.07. The number of piperazine rings is 1. The molecule has 0 saturated carbocycles. The van der Waals surface area contributed by atoms with E-state index in [0.29, 0.717) is 6.54 Å². The van der Waals surface area contributed by atoms with Gasteiger partial charge >= 0.3 is 0 Å². The minimum Gasteiger partial charge on any atom is -0.497 e. The van der Waals surface area contributed by atoms with Crippen molar-refractivity contribution in [1.82, 2.24) is 14.8 Å². The number of amides is 1. The summed E-state index contributed by atoms with van der Waals surface area (Å²) in [6.07, 6.45) is 0. The molecule has 6 heteroatoms. The van der Waals surface area contributed by atoms with E-state index in [1.807, 2.05) is 30.9 Å². The minimum atomic E-state index is 0.102. The van der Waals surface area contributed by atoms with Crippen molar-refractivity contribution in [1.29, 1.82) is 0 Å². The van der Waals surface area contributed by atoms with Crippen LogP contribution in [-0.2, 0) is 0 Å². The predicted molar refractivity (Wildman–Crippen MR) is 95.9 cm³/mol. The quantitative estimate of drug-likeness (QED) is 0.858. The molecule has 1 unspecified atom stereocenters. The third kappa shape index (κ3) is 3.30. The maximum absolute atomic E-state index is 12.9. The molecule has 0 bridgehead atoms. The highest BCUT2D eigenvalue weighted by atomic mass is 32.1. The zero-order chi connectivity index (χ0) is 17.3. The van der Waals surface area contributed by atoms with Gasteiger partial charge in [-0.25, -0.2) is 4.98 Å². The van der Waals surface area contributed by atoms with Gasteiger partial charge in [0, 0.05) is 19.6 Å². The first kappa shape index (κ1) is 16.9. The first-order chi connectivity index (χ1) is 11.5. The molecule has 2 heterocycles. The molecule has 1 aliphatic heterocycles. The number of hydrogen-bond donors (Lipinski definition) is 0. The lowest BCUT2D eigenvalue weighted by Gasteiger charge is -2.39. The Labute approximate surface area is 146 Å². The van der Waals surface area contributed by atoms with Crippen LogP contribution in [0.4, 0.5) is 0 Å². The summed E-state index contributed by atoms with van der Waals surface area (Å²) >= 11 is 1.49. The van der Waals surface area contributed by atoms with Crippen molar-refractivity contribution in [3.63, 3.8) is 0 Å². The van der Waals surface area contributed by atoms with E-state index >= 15 is 0 Å². The normalized spacial score (nSPS) is 18.7. The third-order valence-electron chi connectivity index (χ3n) is 4.53. The largest absolute Gasteiger partial charge is 0.497 e. The number of methoxy groups -OCH3 is 1. The van der Waals surface area contributed by atoms with E-state index in [9.17, 15) is 4.79 Å². The van der Waals surface area contributed by atoms with Gasteiger partial charge < -0.3 is 9.64 Å². The molecule has 1 aliphatic rings. The fourth-order valence-corrected chi connectivity index (χ4v) is 4.01. The maximum atomic E-state index is 12.9. The van der Waals surface area contributed by atoms with Gasteiger partial charge in [0.25, 0.3) is 5.91 Å². The van der Waals surface area contributed by atoms with E-state index in [4.69, 9.17) is 4.74 Å². The second kappa shape index (κ2) is 6.91. The number of benzene rings is 1. The molecule has 3 rings (SSSR count). The van der Waals surface area contributed by atoms with Crippen LogP contribution in [0.15, 0.2) is 24.3 Å². The van der Waals surface area contributed by atoms with Crippen molar-refractivity contribution in [2.45, 2.75) is 19.9 Å². The van der Waals surface area contributed by atoms with Gasteiger partial charge in [-0.3, -0.25) is 9.69 Å². The van der Waals surface area contributed by atoms with Crippen LogP contribution in [0.2, 0.25) is 0 Å². The van der Waals surface area contributed by atoms with Crippen molar-refractivity contribution < 1.29 is 9.53 Å². The maximum Gasteiger partial charge on any atom is 0.265 e. The molecule has 5 nitrogen and oxygen atoms in total. The molecule has 24 heavy (non-hydrogen) atoms. The van der Waals surface area contributed by atoms with Crippen LogP contribution in [0.3, 0.4) is 0 Å². The van der Waals surface area contributed by atoms with E-state index in [1.165, 1.54) is 16.9 Å². The molecule has 1 amide bonds. The molecular formula is C18H23N3O2S. The van der Waals surface area contributed by atoms with E-state index in [0.717, 1.165) is 34.4 Å². The van der Waals surface area contributed by atoms with Crippen LogP contribution in [0.5, 0.6) is 5.75 Å². The lowest BCUT2D eigenvalue weighted by Crippen LogP contribution is -2.48. The monoisotopic (exact) mass is 345 g/mol. The molecule has 0 aliphatic carbocycles. The Morgan fingerprint density at radius 1 is 1.25 bits per heavy atom. The number of aromatic nitrogens is 1. The Kier molecular flexibility index (Phi) is 4.87. The van der Waals surface area contributed by atoms with Crippen LogP contribution in [0.1, 0.15) is 32.0 Å². The number of thiazole rings is 1. The zero-order valence-electron chi connectivity index (χ0n) is 14.6. The minimum absolute atomic E-state index is 0.102. The van der Waals surface area contributed by atoms with Crippen LogP contribution in [0.25, 0.3) is 0 Å². The summed E-state index contributed by atoms with van der Waals surface area (Å²) in [5.41, 5.74) is 2.04. The van der Waals surface area contributed by atoms with E-state index < -0.39 is 0 Å². The number of carbonyl (C=O) groups excluding carboxylic acids is 1. The van der Waals surface area contributed by atoms with E-state index in [-0.39, 0.29) is 11.9 Å². The molecule has 2 aromatic rings. The van der Waals surface area contributed by atoms with Crippen molar-refractivity contribution in [2.75, 3.05) is 33.8 Å². The lowest BCUT2D eigenvalue weighted by atomic mass is 10.0. The average molecular weight is 345 g/mol. The molecule has 1 atom stereocenters. The Balaban J connectivity index is 1.79. The lowest BCUT2D eigenvalue weighted by molar-refractivity contribution is 0.0550. The summed E-state index contributed by atoms with van der Waals surface area (Å²) in [6.45, 7) is 6.15. The van der Waals surface area contributed by atoms with Crippen LogP contribution >= 0.6 is 11.3 Å². The van der Waals surface area contributed by atoms with Crippen molar-refractivity contribution in [3.8, 4) is 5.75 Å². The molecule has 1 aromatic heterocycles. The van der Waals surface area contributed by atoms with Gasteiger partial charge in [-0.05, 0) is 38.6 Å². The van der Waals surface area contributed by atoms with Gasteiger partial charge in [-0.2, -0.15) is 0 Å². The van der Waals surface area contributed by atoms with Crippen LogP contribution < -0.4 is 4.74 Å². The number of rotatable bonds is 3. The summed E-state index contributed by atoms with van der Waals surface area (Å²) in [4.78, 5) is 22.3. The summed E-state index contributed by atoms with van der Waals surface area (Å²) in [5.74, 6) is 0.950. The van der Waals surface area contributed by atoms with Crippen molar-refractivity contribution in [3.05, 3.63) is 45.4 Å². The molecule has 1 fully saturated rings. The molecule has 1 aromatic carbocycles. The number of ether oxygens (including phenoxy) is 1. The Bertz CT molecular complexity index is 726. The highest BCUT2D eigenvalue weighted by molar-refractivity contribution is 7.13. The molecule has 0 spiro atoms. The standard InChI is InChI=1S/C18H23N3O2S/c1-12-17(24-13(2)19-12)18(22)21-10-9-20(3)16(11-21)14-5-7-15(23-4)8-6-14/h5-8,16H,9-11H2,1-4H3. The Morgan fingerprint density at radius 3 is 2.54 bits per heavy atom. The summed E-state index contributed by atoms with van der Waals surface area (Å²) in [7, 11) is 3.78. The third-order valence-corrected chi connectivity index (χ3v) is 5.59. The average Bonchev–Trinajstić information content (AvgIpc) is 2.93. The number of likely N-dealkylation sites (N-methyl/N-ethyl adjacent to an activating group) is 1. The van der Waals surface area contributed by atoms with Gasteiger partial charge in [0.1, 0.15) is 10.6 Å². The molecule has 128 valence electrons. The van der Waals surface area contributed by atoms with Crippen LogP contribution in [-0.4, -0.2) is 54.5 Å². The van der Waals surface area contributed by atoms with Crippen molar-refractivity contribution in [2.24, 2.45) is 0 Å². The summed E-state index contributed by atoms with van der Waals surface area (Å²) in [6, 6.07) is 8.30. The highest BCUT2D eigenvalue weighted by Gasteiger charge is 2.30. The summed E-state index contributed by atoms with van der Waals surface area (Å²) in [5, 5.41) is 0.941. The van der Waals surface area contributed by atoms with E-state index in [2.05, 4.69) is 29.1 Å². The number of hydrogen-bond acceptors (Lipinski definition) is 5. The summed E-state index contributed by atoms with van der Waals surface area (Å²) < 4.78 is 5.23. The highest BCUT2D eigenvalue weighted by Crippen LogP contribution is 2.28. The Hall–Kier alpha value is -1.92. The first-order valence-corrected chi connectivity index (χ1v) is 8.88. The second-order valence-electron chi connectivity index (χ2n) is 6.17. The molecule has 0 radical (unpaired) electrons. The Morgan fingerprint density at radius 2 is 1.96 bits per heavy atom. The van der Waals surface area contributed by atoms with Gasteiger partial charge in [0.2, 0.25) is 0 Å². The molecule has 0 N–H and O–H groups in total. The number of aryl methyl sites for hydroxylation is 2. The topological polar surface area (TPSA) is 45.7 Å². The number of nitrogens with zero attached hydrogens (tertiary/aromatic N) is 3. The molecular weight excluding hydrogens is 322 g/mol. The SMILES string of the molecule is COc1ccc(C2CN(C(=O)c3sc(C)nc3C)CCN2C)cc1. The van der Waals surface area contributed by atoms with Gasteiger partial charge in [0.15, 0.2) is 0 Å². The second-order valence-corrected chi connectivity index (χ2v) is 7.37. The molecule has 1 saturated heterocycles. The zero-order valence-corrected chi connectivity index (χ0v) is 15.4. The van der Waals surface area contributed by atoms with Gasteiger partial charge in [-0.15, -0.1) is 11.3 Å². The fourth-order valence-electron chi connectivity index (χ4n) is 3.12. The van der Waals surface area contributed by atoms with Gasteiger partial charge in [-0.1, -0.05) is 12.1 Å². The van der Waals surface area contributed by atoms with Crippen molar-refractivity contribution >= 4 is 17.2 Å². The fraction of sp³-hybridized carbons (Fsp3) is 0.444. The van der Waals surface area contributed by atoms with Crippen LogP contribution in [0, 0.1) is 13.8 Å².